The Bertz CT molecular complexity index is 978. The molecule has 0 spiro atoms. The maximum atomic E-state index is 11.2. The van der Waals surface area contributed by atoms with Gasteiger partial charge in [0.15, 0.2) is 0 Å². The van der Waals surface area contributed by atoms with Gasteiger partial charge in [0.25, 0.3) is 0 Å². The number of benzene rings is 2. The molecule has 0 aliphatic rings. The summed E-state index contributed by atoms with van der Waals surface area (Å²) in [4.78, 5) is 15.7. The SMILES string of the molecule is CN(C)Cc1ccc(CN(CCCCCC(=O)NO)CCc2cccc3ccccc23)o1. The number of carbonyl (C=O) groups excluding carboxylic acids is 1. The van der Waals surface area contributed by atoms with Crippen molar-refractivity contribution in [3.05, 3.63) is 71.7 Å². The number of amides is 1. The molecule has 6 nitrogen and oxygen atoms in total. The van der Waals surface area contributed by atoms with Crippen molar-refractivity contribution in [3.63, 3.8) is 0 Å². The Kier molecular flexibility index (Phi) is 9.28. The van der Waals surface area contributed by atoms with Crippen molar-refractivity contribution in [1.82, 2.24) is 15.3 Å². The van der Waals surface area contributed by atoms with Gasteiger partial charge in [0.2, 0.25) is 5.91 Å². The number of hydroxylamine groups is 1. The lowest BCUT2D eigenvalue weighted by atomic mass is 10.0. The van der Waals surface area contributed by atoms with Gasteiger partial charge in [0, 0.05) is 13.0 Å². The molecule has 0 fully saturated rings. The first kappa shape index (κ1) is 24.0. The van der Waals surface area contributed by atoms with Crippen LogP contribution in [0.1, 0.15) is 42.8 Å². The van der Waals surface area contributed by atoms with Crippen molar-refractivity contribution in [3.8, 4) is 0 Å². The minimum atomic E-state index is -0.318. The number of hydrogen-bond acceptors (Lipinski definition) is 5. The van der Waals surface area contributed by atoms with Crippen molar-refractivity contribution >= 4 is 16.7 Å². The van der Waals surface area contributed by atoms with Gasteiger partial charge in [0.1, 0.15) is 11.5 Å². The molecule has 0 unspecified atom stereocenters. The molecule has 1 heterocycles. The molecule has 3 rings (SSSR count). The van der Waals surface area contributed by atoms with E-state index >= 15 is 0 Å². The molecule has 0 aliphatic carbocycles. The maximum absolute atomic E-state index is 11.2. The third-order valence-electron chi connectivity index (χ3n) is 5.65. The fraction of sp³-hybridized carbons (Fsp3) is 0.423. The number of nitrogens with one attached hydrogen (secondary N) is 1. The van der Waals surface area contributed by atoms with E-state index in [1.807, 2.05) is 14.1 Å². The molecule has 0 aliphatic heterocycles. The summed E-state index contributed by atoms with van der Waals surface area (Å²) in [5.41, 5.74) is 3.06. The summed E-state index contributed by atoms with van der Waals surface area (Å²) in [5.74, 6) is 1.65. The lowest BCUT2D eigenvalue weighted by Crippen LogP contribution is -2.27. The highest BCUT2D eigenvalue weighted by Gasteiger charge is 2.12. The Hall–Kier alpha value is -2.67. The van der Waals surface area contributed by atoms with Gasteiger partial charge in [-0.3, -0.25) is 14.9 Å². The van der Waals surface area contributed by atoms with Gasteiger partial charge >= 0.3 is 0 Å². The highest BCUT2D eigenvalue weighted by Crippen LogP contribution is 2.20. The molecule has 1 aromatic heterocycles. The van der Waals surface area contributed by atoms with Crippen LogP contribution in [0.4, 0.5) is 0 Å². The molecule has 3 aromatic rings. The standard InChI is InChI=1S/C26H35N3O3/c1-28(2)19-23-14-15-24(32-23)20-29(17-7-3-4-13-26(30)27-31)18-16-22-11-8-10-21-9-5-6-12-25(21)22/h5-6,8-12,14-15,31H,3-4,7,13,16-20H2,1-2H3,(H,27,30). The first-order chi connectivity index (χ1) is 15.5. The summed E-state index contributed by atoms with van der Waals surface area (Å²) in [7, 11) is 4.07. The van der Waals surface area contributed by atoms with Crippen LogP contribution in [0.5, 0.6) is 0 Å². The first-order valence-corrected chi connectivity index (χ1v) is 11.4. The van der Waals surface area contributed by atoms with E-state index in [4.69, 9.17) is 9.62 Å². The molecule has 2 aromatic carbocycles. The zero-order chi connectivity index (χ0) is 22.8. The van der Waals surface area contributed by atoms with E-state index in [2.05, 4.69) is 64.4 Å². The third kappa shape index (κ3) is 7.48. The van der Waals surface area contributed by atoms with E-state index in [1.165, 1.54) is 16.3 Å². The fourth-order valence-corrected chi connectivity index (χ4v) is 4.04. The van der Waals surface area contributed by atoms with E-state index in [1.54, 1.807) is 5.48 Å². The van der Waals surface area contributed by atoms with Gasteiger partial charge in [0.05, 0.1) is 13.1 Å². The lowest BCUT2D eigenvalue weighted by Gasteiger charge is -2.22. The summed E-state index contributed by atoms with van der Waals surface area (Å²) >= 11 is 0. The Labute approximate surface area is 190 Å². The maximum Gasteiger partial charge on any atom is 0.243 e. The number of rotatable bonds is 13. The quantitative estimate of drug-likeness (QED) is 0.232. The molecule has 1 amide bonds. The number of carbonyl (C=O) groups is 1. The number of fused-ring (bicyclic) bond motifs is 1. The second kappa shape index (κ2) is 12.4. The normalized spacial score (nSPS) is 11.5. The van der Waals surface area contributed by atoms with Crippen LogP contribution in [-0.2, 0) is 24.3 Å². The van der Waals surface area contributed by atoms with E-state index in [9.17, 15) is 4.79 Å². The molecule has 6 heteroatoms. The average molecular weight is 438 g/mol. The zero-order valence-electron chi connectivity index (χ0n) is 19.2. The summed E-state index contributed by atoms with van der Waals surface area (Å²) < 4.78 is 6.06. The van der Waals surface area contributed by atoms with Gasteiger partial charge < -0.3 is 9.32 Å². The van der Waals surface area contributed by atoms with Crippen LogP contribution in [0.15, 0.2) is 59.0 Å². The van der Waals surface area contributed by atoms with Crippen molar-refractivity contribution in [1.29, 1.82) is 0 Å². The van der Waals surface area contributed by atoms with Crippen LogP contribution in [0.2, 0.25) is 0 Å². The Morgan fingerprint density at radius 1 is 0.906 bits per heavy atom. The highest BCUT2D eigenvalue weighted by molar-refractivity contribution is 5.85. The van der Waals surface area contributed by atoms with Crippen LogP contribution in [0, 0.1) is 0 Å². The zero-order valence-corrected chi connectivity index (χ0v) is 19.2. The fourth-order valence-electron chi connectivity index (χ4n) is 4.04. The monoisotopic (exact) mass is 437 g/mol. The molecule has 32 heavy (non-hydrogen) atoms. The predicted octanol–water partition coefficient (Wildman–Crippen LogP) is 4.60. The van der Waals surface area contributed by atoms with Gasteiger partial charge in [-0.15, -0.1) is 0 Å². The van der Waals surface area contributed by atoms with E-state index in [0.29, 0.717) is 6.42 Å². The lowest BCUT2D eigenvalue weighted by molar-refractivity contribution is -0.129. The summed E-state index contributed by atoms with van der Waals surface area (Å²) in [6, 6.07) is 19.2. The number of furan rings is 1. The van der Waals surface area contributed by atoms with Crippen LogP contribution in [-0.4, -0.2) is 48.1 Å². The molecule has 0 atom stereocenters. The van der Waals surface area contributed by atoms with Crippen LogP contribution >= 0.6 is 0 Å². The minimum absolute atomic E-state index is 0.318. The van der Waals surface area contributed by atoms with Gasteiger partial charge in [-0.05, 0) is 68.4 Å². The summed E-state index contributed by atoms with van der Waals surface area (Å²) in [5, 5.41) is 11.2. The number of unbranched alkanes of at least 4 members (excludes halogenated alkanes) is 2. The molecule has 0 saturated heterocycles. The molecule has 172 valence electrons. The number of nitrogens with zero attached hydrogens (tertiary/aromatic N) is 2. The Morgan fingerprint density at radius 3 is 2.44 bits per heavy atom. The molecule has 2 N–H and O–H groups in total. The highest BCUT2D eigenvalue weighted by atomic mass is 16.5. The largest absolute Gasteiger partial charge is 0.463 e. The van der Waals surface area contributed by atoms with Crippen molar-refractivity contribution < 1.29 is 14.4 Å². The topological polar surface area (TPSA) is 69.0 Å². The summed E-state index contributed by atoms with van der Waals surface area (Å²) in [6.07, 6.45) is 4.05. The molecular weight excluding hydrogens is 402 g/mol. The Balaban J connectivity index is 1.61. The second-order valence-electron chi connectivity index (χ2n) is 8.62. The molecule has 0 saturated carbocycles. The van der Waals surface area contributed by atoms with Crippen LogP contribution in [0.25, 0.3) is 10.8 Å². The Morgan fingerprint density at radius 2 is 1.66 bits per heavy atom. The van der Waals surface area contributed by atoms with Crippen molar-refractivity contribution in [2.45, 2.75) is 45.2 Å². The molecular formula is C26H35N3O3. The molecule has 0 radical (unpaired) electrons. The number of hydrogen-bond donors (Lipinski definition) is 2. The summed E-state index contributed by atoms with van der Waals surface area (Å²) in [6.45, 7) is 3.45. The predicted molar refractivity (Wildman–Crippen MR) is 127 cm³/mol. The van der Waals surface area contributed by atoms with Crippen molar-refractivity contribution in [2.75, 3.05) is 27.2 Å². The van der Waals surface area contributed by atoms with Gasteiger partial charge in [-0.1, -0.05) is 48.9 Å². The van der Waals surface area contributed by atoms with E-state index < -0.39 is 0 Å². The minimum Gasteiger partial charge on any atom is -0.463 e. The first-order valence-electron chi connectivity index (χ1n) is 11.4. The molecule has 0 bridgehead atoms. The smallest absolute Gasteiger partial charge is 0.243 e. The third-order valence-corrected chi connectivity index (χ3v) is 5.65. The van der Waals surface area contributed by atoms with E-state index in [0.717, 1.165) is 63.4 Å². The van der Waals surface area contributed by atoms with E-state index in [-0.39, 0.29) is 5.91 Å². The van der Waals surface area contributed by atoms with Crippen LogP contribution < -0.4 is 5.48 Å². The van der Waals surface area contributed by atoms with Crippen molar-refractivity contribution in [2.24, 2.45) is 0 Å². The van der Waals surface area contributed by atoms with Gasteiger partial charge in [-0.2, -0.15) is 0 Å². The van der Waals surface area contributed by atoms with Crippen LogP contribution in [0.3, 0.4) is 0 Å². The second-order valence-corrected chi connectivity index (χ2v) is 8.62. The van der Waals surface area contributed by atoms with Gasteiger partial charge in [-0.25, -0.2) is 5.48 Å². The average Bonchev–Trinajstić information content (AvgIpc) is 3.22.